The number of ketones is 1. The van der Waals surface area contributed by atoms with Gasteiger partial charge in [-0.25, -0.2) is 0 Å². The van der Waals surface area contributed by atoms with Gasteiger partial charge in [0.25, 0.3) is 11.7 Å². The minimum Gasteiger partial charge on any atom is -0.507 e. The third-order valence-corrected chi connectivity index (χ3v) is 5.08. The molecule has 7 heteroatoms. The van der Waals surface area contributed by atoms with Crippen molar-refractivity contribution < 1.29 is 23.8 Å². The first kappa shape index (κ1) is 19.4. The molecule has 1 aromatic carbocycles. The molecule has 1 atom stereocenters. The van der Waals surface area contributed by atoms with Gasteiger partial charge in [0.1, 0.15) is 23.3 Å². The lowest BCUT2D eigenvalue weighted by Crippen LogP contribution is -2.29. The van der Waals surface area contributed by atoms with Gasteiger partial charge in [0.05, 0.1) is 31.2 Å². The quantitative estimate of drug-likeness (QED) is 0.397. The molecule has 2 aromatic heterocycles. The maximum Gasteiger partial charge on any atom is 0.296 e. The Morgan fingerprint density at radius 1 is 1.20 bits per heavy atom. The van der Waals surface area contributed by atoms with Crippen molar-refractivity contribution in [2.24, 2.45) is 0 Å². The Balaban J connectivity index is 1.85. The normalized spacial score (nSPS) is 18.1. The molecule has 0 aliphatic carbocycles. The van der Waals surface area contributed by atoms with Crippen molar-refractivity contribution >= 4 is 17.4 Å². The SMILES string of the molecule is COc1ccc(/C(O)=C2/C(=O)C(=O)N(Cc3ccco3)C2c2ccccn2)cc1C. The molecule has 1 aliphatic rings. The molecule has 0 spiro atoms. The van der Waals surface area contributed by atoms with Crippen LogP contribution < -0.4 is 4.74 Å². The van der Waals surface area contributed by atoms with Gasteiger partial charge in [-0.2, -0.15) is 0 Å². The fourth-order valence-electron chi connectivity index (χ4n) is 3.64. The van der Waals surface area contributed by atoms with Crippen molar-refractivity contribution in [2.45, 2.75) is 19.5 Å². The second kappa shape index (κ2) is 7.87. The molecule has 1 amide bonds. The van der Waals surface area contributed by atoms with Crippen LogP contribution >= 0.6 is 0 Å². The minimum absolute atomic E-state index is 0.00479. The van der Waals surface area contributed by atoms with Gasteiger partial charge < -0.3 is 19.2 Å². The average molecular weight is 404 g/mol. The molecule has 4 rings (SSSR count). The summed E-state index contributed by atoms with van der Waals surface area (Å²) < 4.78 is 10.6. The number of benzene rings is 1. The Morgan fingerprint density at radius 3 is 2.67 bits per heavy atom. The van der Waals surface area contributed by atoms with Crippen molar-refractivity contribution in [3.63, 3.8) is 0 Å². The van der Waals surface area contributed by atoms with E-state index in [1.807, 2.05) is 6.92 Å². The standard InChI is InChI=1S/C23H20N2O5/c1-14-12-15(8-9-18(14)29-2)21(26)19-20(17-7-3-4-10-24-17)25(23(28)22(19)27)13-16-6-5-11-30-16/h3-12,20,26H,13H2,1-2H3/b21-19-. The largest absolute Gasteiger partial charge is 0.507 e. The van der Waals surface area contributed by atoms with E-state index in [4.69, 9.17) is 9.15 Å². The highest BCUT2D eigenvalue weighted by Gasteiger charge is 2.47. The lowest BCUT2D eigenvalue weighted by molar-refractivity contribution is -0.140. The lowest BCUT2D eigenvalue weighted by atomic mass is 9.97. The third-order valence-electron chi connectivity index (χ3n) is 5.08. The van der Waals surface area contributed by atoms with Crippen molar-refractivity contribution in [2.75, 3.05) is 7.11 Å². The number of methoxy groups -OCH3 is 1. The number of aliphatic hydroxyl groups is 1. The van der Waals surface area contributed by atoms with E-state index < -0.39 is 17.7 Å². The van der Waals surface area contributed by atoms with Crippen molar-refractivity contribution in [3.05, 3.63) is 89.1 Å². The molecule has 152 valence electrons. The number of aromatic nitrogens is 1. The molecule has 1 unspecified atom stereocenters. The zero-order valence-electron chi connectivity index (χ0n) is 16.5. The Hall–Kier alpha value is -3.87. The number of hydrogen-bond acceptors (Lipinski definition) is 6. The number of Topliss-reactive ketones (excluding diaryl/α,β-unsaturated/α-hetero) is 1. The van der Waals surface area contributed by atoms with E-state index >= 15 is 0 Å². The monoisotopic (exact) mass is 404 g/mol. The van der Waals surface area contributed by atoms with Crippen LogP contribution in [-0.2, 0) is 16.1 Å². The fraction of sp³-hybridized carbons (Fsp3) is 0.174. The highest BCUT2D eigenvalue weighted by Crippen LogP contribution is 2.39. The summed E-state index contributed by atoms with van der Waals surface area (Å²) >= 11 is 0. The summed E-state index contributed by atoms with van der Waals surface area (Å²) in [4.78, 5) is 31.5. The smallest absolute Gasteiger partial charge is 0.296 e. The van der Waals surface area contributed by atoms with Crippen LogP contribution in [0, 0.1) is 6.92 Å². The number of aliphatic hydroxyl groups excluding tert-OH is 1. The molecule has 1 fully saturated rings. The Bertz CT molecular complexity index is 1120. The van der Waals surface area contributed by atoms with Crippen LogP contribution in [0.25, 0.3) is 5.76 Å². The molecule has 7 nitrogen and oxygen atoms in total. The van der Waals surface area contributed by atoms with Crippen LogP contribution in [-0.4, -0.2) is 33.8 Å². The highest BCUT2D eigenvalue weighted by molar-refractivity contribution is 6.46. The summed E-state index contributed by atoms with van der Waals surface area (Å²) in [6.45, 7) is 1.92. The predicted molar refractivity (Wildman–Crippen MR) is 109 cm³/mol. The van der Waals surface area contributed by atoms with E-state index in [9.17, 15) is 14.7 Å². The van der Waals surface area contributed by atoms with E-state index in [2.05, 4.69) is 4.98 Å². The minimum atomic E-state index is -0.835. The number of rotatable bonds is 5. The first-order valence-corrected chi connectivity index (χ1v) is 9.38. The number of hydrogen-bond donors (Lipinski definition) is 1. The van der Waals surface area contributed by atoms with Crippen molar-refractivity contribution in [3.8, 4) is 5.75 Å². The molecular weight excluding hydrogens is 384 g/mol. The first-order chi connectivity index (χ1) is 14.5. The number of likely N-dealkylation sites (tertiary alicyclic amines) is 1. The number of nitrogens with zero attached hydrogens (tertiary/aromatic N) is 2. The molecule has 3 aromatic rings. The second-order valence-corrected chi connectivity index (χ2v) is 6.95. The van der Waals surface area contributed by atoms with Gasteiger partial charge >= 0.3 is 0 Å². The zero-order chi connectivity index (χ0) is 21.3. The molecule has 30 heavy (non-hydrogen) atoms. The van der Waals surface area contributed by atoms with Gasteiger partial charge in [-0.1, -0.05) is 6.07 Å². The van der Waals surface area contributed by atoms with Crippen LogP contribution in [0.4, 0.5) is 0 Å². The molecule has 1 N–H and O–H groups in total. The topological polar surface area (TPSA) is 92.9 Å². The molecular formula is C23H20N2O5. The number of carbonyl (C=O) groups is 2. The summed E-state index contributed by atoms with van der Waals surface area (Å²) in [5.74, 6) is -0.544. The Labute approximate surface area is 173 Å². The second-order valence-electron chi connectivity index (χ2n) is 6.95. The predicted octanol–water partition coefficient (Wildman–Crippen LogP) is 3.61. The lowest BCUT2D eigenvalue weighted by Gasteiger charge is -2.23. The number of aryl methyl sites for hydroxylation is 1. The van der Waals surface area contributed by atoms with Gasteiger partial charge in [0.2, 0.25) is 0 Å². The van der Waals surface area contributed by atoms with Gasteiger partial charge in [0.15, 0.2) is 0 Å². The molecule has 1 aliphatic heterocycles. The summed E-state index contributed by atoms with van der Waals surface area (Å²) in [5.41, 5.74) is 1.69. The summed E-state index contributed by atoms with van der Waals surface area (Å²) in [5, 5.41) is 11.1. The maximum atomic E-state index is 13.0. The van der Waals surface area contributed by atoms with Crippen LogP contribution in [0.1, 0.15) is 28.6 Å². The summed E-state index contributed by atoms with van der Waals surface area (Å²) in [6.07, 6.45) is 3.09. The Morgan fingerprint density at radius 2 is 2.03 bits per heavy atom. The van der Waals surface area contributed by atoms with Gasteiger partial charge in [-0.15, -0.1) is 0 Å². The summed E-state index contributed by atoms with van der Waals surface area (Å²) in [6, 6.07) is 12.9. The van der Waals surface area contributed by atoms with Crippen LogP contribution in [0.15, 0.2) is 71.0 Å². The van der Waals surface area contributed by atoms with Crippen LogP contribution in [0.2, 0.25) is 0 Å². The number of ether oxygens (including phenoxy) is 1. The van der Waals surface area contributed by atoms with Crippen LogP contribution in [0.5, 0.6) is 5.75 Å². The van der Waals surface area contributed by atoms with E-state index in [-0.39, 0.29) is 17.9 Å². The van der Waals surface area contributed by atoms with Gasteiger partial charge in [-0.3, -0.25) is 14.6 Å². The van der Waals surface area contributed by atoms with Gasteiger partial charge in [0, 0.05) is 11.8 Å². The van der Waals surface area contributed by atoms with E-state index in [0.29, 0.717) is 22.8 Å². The molecule has 0 radical (unpaired) electrons. The number of pyridine rings is 1. The number of furan rings is 1. The average Bonchev–Trinajstić information content (AvgIpc) is 3.36. The molecule has 0 bridgehead atoms. The molecule has 3 heterocycles. The molecule has 0 saturated carbocycles. The zero-order valence-corrected chi connectivity index (χ0v) is 16.5. The van der Waals surface area contributed by atoms with Crippen molar-refractivity contribution in [1.82, 2.24) is 9.88 Å². The fourth-order valence-corrected chi connectivity index (χ4v) is 3.64. The van der Waals surface area contributed by atoms with E-state index in [1.165, 1.54) is 11.2 Å². The van der Waals surface area contributed by atoms with Crippen molar-refractivity contribution in [1.29, 1.82) is 0 Å². The third kappa shape index (κ3) is 3.34. The number of carbonyl (C=O) groups excluding carboxylic acids is 2. The highest BCUT2D eigenvalue weighted by atomic mass is 16.5. The molecule has 1 saturated heterocycles. The number of amides is 1. The van der Waals surface area contributed by atoms with E-state index in [1.54, 1.807) is 61.8 Å². The van der Waals surface area contributed by atoms with E-state index in [0.717, 1.165) is 5.56 Å². The van der Waals surface area contributed by atoms with Gasteiger partial charge in [-0.05, 0) is 55.0 Å². The van der Waals surface area contributed by atoms with Crippen LogP contribution in [0.3, 0.4) is 0 Å². The first-order valence-electron chi connectivity index (χ1n) is 9.38. The Kier molecular flexibility index (Phi) is 5.10. The maximum absolute atomic E-state index is 13.0. The summed E-state index contributed by atoms with van der Waals surface area (Å²) in [7, 11) is 1.56.